The van der Waals surface area contributed by atoms with E-state index in [1.165, 1.54) is 19.3 Å². The Morgan fingerprint density at radius 1 is 1.18 bits per heavy atom. The van der Waals surface area contributed by atoms with Gasteiger partial charge in [0.1, 0.15) is 0 Å². The van der Waals surface area contributed by atoms with Crippen molar-refractivity contribution in [3.63, 3.8) is 0 Å². The Labute approximate surface area is 108 Å². The first kappa shape index (κ1) is 12.6. The minimum Gasteiger partial charge on any atom is -0.392 e. The number of thiocarbonyl (C=S) groups is 1. The molecule has 96 valence electrons. The van der Waals surface area contributed by atoms with Gasteiger partial charge in [0.2, 0.25) is 0 Å². The number of hydrogen-bond donors (Lipinski definition) is 3. The highest BCUT2D eigenvalue weighted by Crippen LogP contribution is 2.32. The number of rotatable bonds is 4. The van der Waals surface area contributed by atoms with E-state index in [-0.39, 0.29) is 12.1 Å². The van der Waals surface area contributed by atoms with E-state index in [0.717, 1.165) is 25.7 Å². The molecule has 0 aromatic rings. The van der Waals surface area contributed by atoms with Gasteiger partial charge in [0.05, 0.1) is 11.0 Å². The topological polar surface area (TPSA) is 67.1 Å². The van der Waals surface area contributed by atoms with Gasteiger partial charge in [-0.05, 0) is 31.6 Å². The lowest BCUT2D eigenvalue weighted by Gasteiger charge is -2.24. The van der Waals surface area contributed by atoms with E-state index >= 15 is 0 Å². The molecule has 4 nitrogen and oxygen atoms in total. The van der Waals surface area contributed by atoms with Gasteiger partial charge in [0.15, 0.2) is 0 Å². The van der Waals surface area contributed by atoms with E-state index in [1.807, 2.05) is 0 Å². The Hall–Kier alpha value is -0.840. The summed E-state index contributed by atoms with van der Waals surface area (Å²) in [6.45, 7) is 0. The van der Waals surface area contributed by atoms with E-state index in [1.54, 1.807) is 0 Å². The Bertz CT molecular complexity index is 298. The molecule has 0 aromatic carbocycles. The van der Waals surface area contributed by atoms with Crippen molar-refractivity contribution in [2.24, 2.45) is 11.7 Å². The molecule has 2 amide bonds. The summed E-state index contributed by atoms with van der Waals surface area (Å²) < 4.78 is 0. The molecule has 0 saturated heterocycles. The summed E-state index contributed by atoms with van der Waals surface area (Å²) in [5.74, 6) is 0.463. The maximum Gasteiger partial charge on any atom is 0.315 e. The Balaban J connectivity index is 1.76. The first-order valence-electron chi connectivity index (χ1n) is 6.53. The van der Waals surface area contributed by atoms with Gasteiger partial charge in [0.25, 0.3) is 0 Å². The molecule has 17 heavy (non-hydrogen) atoms. The third-order valence-corrected chi connectivity index (χ3v) is 3.88. The van der Waals surface area contributed by atoms with E-state index < -0.39 is 0 Å². The highest BCUT2D eigenvalue weighted by molar-refractivity contribution is 7.80. The van der Waals surface area contributed by atoms with E-state index in [2.05, 4.69) is 10.6 Å². The zero-order chi connectivity index (χ0) is 12.3. The Kier molecular flexibility index (Phi) is 4.20. The third kappa shape index (κ3) is 3.84. The van der Waals surface area contributed by atoms with Crippen LogP contribution in [0.5, 0.6) is 0 Å². The predicted octanol–water partition coefficient (Wildman–Crippen LogP) is 1.68. The third-order valence-electron chi connectivity index (χ3n) is 3.63. The van der Waals surface area contributed by atoms with Crippen molar-refractivity contribution in [3.8, 4) is 0 Å². The minimum atomic E-state index is -0.117. The van der Waals surface area contributed by atoms with Gasteiger partial charge in [-0.25, -0.2) is 4.79 Å². The van der Waals surface area contributed by atoms with Crippen LogP contribution in [0.3, 0.4) is 0 Å². The number of carbonyl (C=O) groups is 1. The lowest BCUT2D eigenvalue weighted by molar-refractivity contribution is 0.230. The normalized spacial score (nSPS) is 22.8. The molecule has 0 radical (unpaired) electrons. The van der Waals surface area contributed by atoms with Crippen LogP contribution in [0.15, 0.2) is 0 Å². The summed E-state index contributed by atoms with van der Waals surface area (Å²) in [6.07, 6.45) is 8.14. The molecule has 5 heteroatoms. The van der Waals surface area contributed by atoms with Crippen LogP contribution in [0, 0.1) is 5.92 Å². The van der Waals surface area contributed by atoms with E-state index in [9.17, 15) is 4.79 Å². The van der Waals surface area contributed by atoms with Gasteiger partial charge < -0.3 is 16.4 Å². The second-order valence-corrected chi connectivity index (χ2v) is 5.64. The fourth-order valence-corrected chi connectivity index (χ4v) is 2.72. The summed E-state index contributed by atoms with van der Waals surface area (Å²) in [4.78, 5) is 12.2. The summed E-state index contributed by atoms with van der Waals surface area (Å²) in [6, 6.07) is 0.102. The average molecular weight is 255 g/mol. The van der Waals surface area contributed by atoms with Gasteiger partial charge in [-0.15, -0.1) is 0 Å². The quantitative estimate of drug-likeness (QED) is 0.670. The molecule has 2 rings (SSSR count). The molecule has 1 atom stereocenters. The van der Waals surface area contributed by atoms with Gasteiger partial charge >= 0.3 is 6.03 Å². The summed E-state index contributed by atoms with van der Waals surface area (Å²) in [5.41, 5.74) is 5.65. The van der Waals surface area contributed by atoms with Crippen molar-refractivity contribution < 1.29 is 4.79 Å². The maximum atomic E-state index is 11.8. The van der Waals surface area contributed by atoms with Crippen molar-refractivity contribution >= 4 is 23.2 Å². The fourth-order valence-electron chi connectivity index (χ4n) is 2.47. The second-order valence-electron chi connectivity index (χ2n) is 5.17. The number of hydrogen-bond acceptors (Lipinski definition) is 2. The fraction of sp³-hybridized carbons (Fsp3) is 0.833. The van der Waals surface area contributed by atoms with Crippen molar-refractivity contribution in [2.45, 2.75) is 57.0 Å². The molecule has 0 aliphatic heterocycles. The van der Waals surface area contributed by atoms with Crippen LogP contribution in [-0.4, -0.2) is 23.1 Å². The average Bonchev–Trinajstić information content (AvgIpc) is 3.11. The summed E-state index contributed by atoms with van der Waals surface area (Å²) >= 11 is 4.99. The van der Waals surface area contributed by atoms with Gasteiger partial charge in [-0.3, -0.25) is 0 Å². The molecule has 0 heterocycles. The molecular weight excluding hydrogens is 234 g/mol. The molecule has 2 saturated carbocycles. The summed E-state index contributed by atoms with van der Waals surface area (Å²) in [7, 11) is 0. The second kappa shape index (κ2) is 5.67. The number of carbonyl (C=O) groups excluding carboxylic acids is 1. The number of nitrogens with two attached hydrogens (primary N) is 1. The number of nitrogens with one attached hydrogen (secondary N) is 2. The van der Waals surface area contributed by atoms with Gasteiger partial charge in [-0.2, -0.15) is 0 Å². The standard InChI is InChI=1S/C12H21N3OS/c13-11(17)10(8-6-7-8)15-12(16)14-9-4-2-1-3-5-9/h8-10H,1-7H2,(H2,13,17)(H2,14,15,16). The largest absolute Gasteiger partial charge is 0.392 e. The smallest absolute Gasteiger partial charge is 0.315 e. The highest BCUT2D eigenvalue weighted by Gasteiger charge is 2.34. The van der Waals surface area contributed by atoms with E-state index in [0.29, 0.717) is 16.9 Å². The molecule has 2 aliphatic rings. The number of urea groups is 1. The molecule has 2 fully saturated rings. The monoisotopic (exact) mass is 255 g/mol. The number of amides is 2. The van der Waals surface area contributed by atoms with Gasteiger partial charge in [-0.1, -0.05) is 31.5 Å². The van der Waals surface area contributed by atoms with Crippen molar-refractivity contribution in [3.05, 3.63) is 0 Å². The Morgan fingerprint density at radius 3 is 2.35 bits per heavy atom. The van der Waals surface area contributed by atoms with Crippen LogP contribution >= 0.6 is 12.2 Å². The van der Waals surface area contributed by atoms with Crippen LogP contribution in [0.1, 0.15) is 44.9 Å². The predicted molar refractivity (Wildman–Crippen MR) is 71.8 cm³/mol. The lowest BCUT2D eigenvalue weighted by atomic mass is 9.96. The molecule has 0 spiro atoms. The molecule has 0 bridgehead atoms. The zero-order valence-corrected chi connectivity index (χ0v) is 10.9. The highest BCUT2D eigenvalue weighted by atomic mass is 32.1. The van der Waals surface area contributed by atoms with Gasteiger partial charge in [0, 0.05) is 6.04 Å². The van der Waals surface area contributed by atoms with Crippen LogP contribution in [0.2, 0.25) is 0 Å². The van der Waals surface area contributed by atoms with Crippen molar-refractivity contribution in [1.29, 1.82) is 0 Å². The molecule has 4 N–H and O–H groups in total. The SMILES string of the molecule is NC(=S)C(NC(=O)NC1CCCCC1)C1CC1. The van der Waals surface area contributed by atoms with Crippen molar-refractivity contribution in [1.82, 2.24) is 10.6 Å². The molecular formula is C12H21N3OS. The van der Waals surface area contributed by atoms with Crippen LogP contribution < -0.4 is 16.4 Å². The first-order valence-corrected chi connectivity index (χ1v) is 6.94. The van der Waals surface area contributed by atoms with Crippen LogP contribution in [0.4, 0.5) is 4.79 Å². The molecule has 1 unspecified atom stereocenters. The van der Waals surface area contributed by atoms with Crippen LogP contribution in [0.25, 0.3) is 0 Å². The molecule has 2 aliphatic carbocycles. The lowest BCUT2D eigenvalue weighted by Crippen LogP contribution is -2.51. The van der Waals surface area contributed by atoms with E-state index in [4.69, 9.17) is 18.0 Å². The van der Waals surface area contributed by atoms with Crippen molar-refractivity contribution in [2.75, 3.05) is 0 Å². The first-order chi connectivity index (χ1) is 8.16. The minimum absolute atomic E-state index is 0.110. The molecule has 0 aromatic heterocycles. The maximum absolute atomic E-state index is 11.8. The zero-order valence-electron chi connectivity index (χ0n) is 10.1. The summed E-state index contributed by atoms with van der Waals surface area (Å²) in [5, 5.41) is 5.93. The van der Waals surface area contributed by atoms with Crippen LogP contribution in [-0.2, 0) is 0 Å². The Morgan fingerprint density at radius 2 is 1.82 bits per heavy atom.